The highest BCUT2D eigenvalue weighted by molar-refractivity contribution is 5.37. The Morgan fingerprint density at radius 3 is 2.74 bits per heavy atom. The number of nitro groups is 1. The molecule has 5 nitrogen and oxygen atoms in total. The number of nitrogens with zero attached hydrogens (tertiary/aromatic N) is 1. The van der Waals surface area contributed by atoms with Crippen LogP contribution in [0.1, 0.15) is 39.5 Å². The summed E-state index contributed by atoms with van der Waals surface area (Å²) >= 11 is 0. The quantitative estimate of drug-likeness (QED) is 0.331. The Hall–Kier alpha value is -2.58. The number of hydrogen-bond donors (Lipinski definition) is 0. The van der Waals surface area contributed by atoms with Gasteiger partial charge in [-0.2, -0.15) is 0 Å². The van der Waals surface area contributed by atoms with Crippen LogP contribution in [0.2, 0.25) is 0 Å². The van der Waals surface area contributed by atoms with Crippen molar-refractivity contribution in [1.82, 2.24) is 0 Å². The molecule has 0 N–H and O–H groups in total. The molecule has 0 aliphatic carbocycles. The molecular formula is C22H25NO4. The van der Waals surface area contributed by atoms with Crippen molar-refractivity contribution in [3.05, 3.63) is 58.2 Å². The molecule has 0 amide bonds. The van der Waals surface area contributed by atoms with Crippen LogP contribution >= 0.6 is 0 Å². The van der Waals surface area contributed by atoms with E-state index in [0.29, 0.717) is 5.75 Å². The predicted molar refractivity (Wildman–Crippen MR) is 104 cm³/mol. The third-order valence-electron chi connectivity index (χ3n) is 5.08. The standard InChI is InChI=1S/C22H25NO4/c1-15(2)22-20(26-18-12-10-17(11-13-18)23(24)25)9-7-5-4-6-8-19-16(3)14-21(22)27-19/h10-14,19-22H,1,4-6,8H2,2-3H3/t19-,20-,21-,22-/m1/s1. The first-order chi connectivity index (χ1) is 13.0. The molecule has 0 saturated carbocycles. The summed E-state index contributed by atoms with van der Waals surface area (Å²) in [5.74, 6) is 6.94. The van der Waals surface area contributed by atoms with Crippen molar-refractivity contribution in [3.63, 3.8) is 0 Å². The van der Waals surface area contributed by atoms with Crippen molar-refractivity contribution in [2.75, 3.05) is 0 Å². The van der Waals surface area contributed by atoms with E-state index in [1.165, 1.54) is 17.7 Å². The molecule has 2 aliphatic heterocycles. The molecule has 0 unspecified atom stereocenters. The number of non-ortho nitro benzene ring substituents is 1. The Balaban J connectivity index is 1.89. The van der Waals surface area contributed by atoms with Gasteiger partial charge < -0.3 is 9.47 Å². The first-order valence-electron chi connectivity index (χ1n) is 9.34. The summed E-state index contributed by atoms with van der Waals surface area (Å²) in [6.45, 7) is 8.24. The smallest absolute Gasteiger partial charge is 0.269 e. The molecule has 142 valence electrons. The van der Waals surface area contributed by atoms with E-state index in [-0.39, 0.29) is 23.8 Å². The van der Waals surface area contributed by atoms with E-state index in [1.807, 2.05) is 6.92 Å². The first-order valence-corrected chi connectivity index (χ1v) is 9.34. The summed E-state index contributed by atoms with van der Waals surface area (Å²) in [5.41, 5.74) is 2.24. The normalized spacial score (nSPS) is 27.6. The SMILES string of the molecule is C=C(C)[C@@H]1[C@H](Oc2ccc([N+](=O)[O-])cc2)C#CCCCC[C@H]2O[C@@H]1C=C2C. The van der Waals surface area contributed by atoms with E-state index >= 15 is 0 Å². The minimum atomic E-state index is -0.423. The van der Waals surface area contributed by atoms with Gasteiger partial charge in [-0.05, 0) is 50.8 Å². The van der Waals surface area contributed by atoms with Crippen LogP contribution in [0.3, 0.4) is 0 Å². The Labute approximate surface area is 160 Å². The summed E-state index contributed by atoms with van der Waals surface area (Å²) in [7, 11) is 0. The van der Waals surface area contributed by atoms with E-state index in [1.54, 1.807) is 12.1 Å². The molecule has 0 aromatic heterocycles. The average molecular weight is 367 g/mol. The highest BCUT2D eigenvalue weighted by Crippen LogP contribution is 2.34. The van der Waals surface area contributed by atoms with Crippen LogP contribution in [0, 0.1) is 27.9 Å². The zero-order chi connectivity index (χ0) is 19.4. The molecule has 2 heterocycles. The van der Waals surface area contributed by atoms with E-state index < -0.39 is 11.0 Å². The molecule has 1 aromatic carbocycles. The van der Waals surface area contributed by atoms with E-state index in [2.05, 4.69) is 31.4 Å². The first kappa shape index (κ1) is 19.2. The minimum Gasteiger partial charge on any atom is -0.477 e. The van der Waals surface area contributed by atoms with Gasteiger partial charge in [-0.15, -0.1) is 0 Å². The number of nitro benzene ring substituents is 1. The van der Waals surface area contributed by atoms with Gasteiger partial charge in [0.1, 0.15) is 5.75 Å². The largest absolute Gasteiger partial charge is 0.477 e. The maximum atomic E-state index is 10.9. The maximum absolute atomic E-state index is 10.9. The zero-order valence-corrected chi connectivity index (χ0v) is 15.8. The molecular weight excluding hydrogens is 342 g/mol. The Morgan fingerprint density at radius 2 is 2.07 bits per heavy atom. The molecule has 0 saturated heterocycles. The number of hydrogen-bond acceptors (Lipinski definition) is 4. The van der Waals surface area contributed by atoms with Crippen LogP contribution in [-0.2, 0) is 4.74 Å². The third-order valence-corrected chi connectivity index (χ3v) is 5.08. The number of rotatable bonds is 4. The molecule has 5 heteroatoms. The molecule has 1 aromatic rings. The van der Waals surface area contributed by atoms with E-state index in [0.717, 1.165) is 31.3 Å². The van der Waals surface area contributed by atoms with Crippen molar-refractivity contribution >= 4 is 5.69 Å². The highest BCUT2D eigenvalue weighted by atomic mass is 16.6. The number of ether oxygens (including phenoxy) is 2. The van der Waals surface area contributed by atoms with Crippen LogP contribution in [0.25, 0.3) is 0 Å². The molecule has 0 fully saturated rings. The molecule has 4 atom stereocenters. The number of benzene rings is 1. The Morgan fingerprint density at radius 1 is 1.33 bits per heavy atom. The van der Waals surface area contributed by atoms with Crippen molar-refractivity contribution in [1.29, 1.82) is 0 Å². The van der Waals surface area contributed by atoms with Crippen LogP contribution in [0.15, 0.2) is 48.1 Å². The second kappa shape index (κ2) is 8.41. The lowest BCUT2D eigenvalue weighted by Crippen LogP contribution is -2.36. The van der Waals surface area contributed by atoms with Gasteiger partial charge in [0.25, 0.3) is 5.69 Å². The zero-order valence-electron chi connectivity index (χ0n) is 15.8. The van der Waals surface area contributed by atoms with Crippen molar-refractivity contribution < 1.29 is 14.4 Å². The summed E-state index contributed by atoms with van der Waals surface area (Å²) < 4.78 is 12.5. The molecule has 3 rings (SSSR count). The molecule has 0 radical (unpaired) electrons. The Kier molecular flexibility index (Phi) is 5.98. The predicted octanol–water partition coefficient (Wildman–Crippen LogP) is 4.83. The Bertz CT molecular complexity index is 800. The van der Waals surface area contributed by atoms with Gasteiger partial charge in [-0.1, -0.05) is 30.1 Å². The van der Waals surface area contributed by atoms with Gasteiger partial charge in [0, 0.05) is 18.6 Å². The van der Waals surface area contributed by atoms with Gasteiger partial charge in [-0.25, -0.2) is 0 Å². The highest BCUT2D eigenvalue weighted by Gasteiger charge is 2.36. The minimum absolute atomic E-state index is 0.0350. The third kappa shape index (κ3) is 4.58. The summed E-state index contributed by atoms with van der Waals surface area (Å²) in [5, 5.41) is 10.9. The molecule has 2 aliphatic rings. The van der Waals surface area contributed by atoms with Crippen LogP contribution in [0.4, 0.5) is 5.69 Å². The van der Waals surface area contributed by atoms with E-state index in [4.69, 9.17) is 9.47 Å². The topological polar surface area (TPSA) is 61.6 Å². The van der Waals surface area contributed by atoms with E-state index in [9.17, 15) is 10.1 Å². The molecule has 27 heavy (non-hydrogen) atoms. The monoisotopic (exact) mass is 367 g/mol. The summed E-state index contributed by atoms with van der Waals surface area (Å²) in [6, 6.07) is 6.10. The summed E-state index contributed by atoms with van der Waals surface area (Å²) in [4.78, 5) is 10.4. The average Bonchev–Trinajstić information content (AvgIpc) is 2.95. The second-order valence-electron chi connectivity index (χ2n) is 7.23. The van der Waals surface area contributed by atoms with Gasteiger partial charge in [0.2, 0.25) is 0 Å². The lowest BCUT2D eigenvalue weighted by atomic mass is 9.89. The van der Waals surface area contributed by atoms with Gasteiger partial charge in [0.05, 0.1) is 23.0 Å². The fourth-order valence-electron chi connectivity index (χ4n) is 3.60. The van der Waals surface area contributed by atoms with Crippen LogP contribution in [-0.4, -0.2) is 23.2 Å². The van der Waals surface area contributed by atoms with Crippen LogP contribution < -0.4 is 4.74 Å². The number of fused-ring (bicyclic) bond motifs is 2. The van der Waals surface area contributed by atoms with Crippen LogP contribution in [0.5, 0.6) is 5.75 Å². The van der Waals surface area contributed by atoms with Crippen molar-refractivity contribution in [2.24, 2.45) is 5.92 Å². The maximum Gasteiger partial charge on any atom is 0.269 e. The lowest BCUT2D eigenvalue weighted by molar-refractivity contribution is -0.384. The van der Waals surface area contributed by atoms with Gasteiger partial charge in [-0.3, -0.25) is 10.1 Å². The molecule has 0 spiro atoms. The van der Waals surface area contributed by atoms with Crippen molar-refractivity contribution in [3.8, 4) is 17.6 Å². The second-order valence-corrected chi connectivity index (χ2v) is 7.23. The van der Waals surface area contributed by atoms with Gasteiger partial charge >= 0.3 is 0 Å². The lowest BCUT2D eigenvalue weighted by Gasteiger charge is -2.29. The fraction of sp³-hybridized carbons (Fsp3) is 0.455. The van der Waals surface area contributed by atoms with Gasteiger partial charge in [0.15, 0.2) is 6.10 Å². The fourth-order valence-corrected chi connectivity index (χ4v) is 3.60. The summed E-state index contributed by atoms with van der Waals surface area (Å²) in [6.07, 6.45) is 5.73. The molecule has 2 bridgehead atoms. The van der Waals surface area contributed by atoms with Crippen molar-refractivity contribution in [2.45, 2.75) is 57.8 Å².